The fourth-order valence-corrected chi connectivity index (χ4v) is 3.84. The van der Waals surface area contributed by atoms with Gasteiger partial charge in [0, 0.05) is 24.2 Å². The van der Waals surface area contributed by atoms with E-state index in [1.807, 2.05) is 32.0 Å². The van der Waals surface area contributed by atoms with Crippen molar-refractivity contribution in [3.05, 3.63) is 46.8 Å². The van der Waals surface area contributed by atoms with Crippen LogP contribution in [0.3, 0.4) is 0 Å². The quantitative estimate of drug-likeness (QED) is 0.759. The van der Waals surface area contributed by atoms with E-state index in [-0.39, 0.29) is 11.4 Å². The zero-order valence-corrected chi connectivity index (χ0v) is 18.2. The van der Waals surface area contributed by atoms with E-state index in [1.54, 1.807) is 6.07 Å². The van der Waals surface area contributed by atoms with E-state index in [2.05, 4.69) is 36.1 Å². The van der Waals surface area contributed by atoms with Gasteiger partial charge in [0.1, 0.15) is 18.1 Å². The van der Waals surface area contributed by atoms with Crippen LogP contribution in [-0.4, -0.2) is 41.1 Å². The maximum Gasteiger partial charge on any atom is 0.251 e. The second kappa shape index (κ2) is 8.99. The molecule has 0 radical (unpaired) electrons. The fourth-order valence-electron chi connectivity index (χ4n) is 3.84. The van der Waals surface area contributed by atoms with Crippen LogP contribution in [0.2, 0.25) is 0 Å². The number of rotatable bonds is 7. The zero-order valence-electron chi connectivity index (χ0n) is 18.2. The number of piperidine rings is 1. The highest BCUT2D eigenvalue weighted by atomic mass is 16.5. The molecule has 158 valence electrons. The molecular weight excluding hydrogens is 366 g/mol. The minimum Gasteiger partial charge on any atom is -0.489 e. The molecule has 1 unspecified atom stereocenters. The maximum atomic E-state index is 12.7. The molecule has 3 rings (SSSR count). The van der Waals surface area contributed by atoms with Crippen molar-refractivity contribution in [2.45, 2.75) is 59.6 Å². The van der Waals surface area contributed by atoms with Gasteiger partial charge < -0.3 is 14.6 Å². The topological polar surface area (TPSA) is 67.6 Å². The Bertz CT molecular complexity index is 824. The molecule has 1 aromatic carbocycles. The Morgan fingerprint density at radius 1 is 1.38 bits per heavy atom. The fraction of sp³-hybridized carbons (Fsp3) is 0.565. The van der Waals surface area contributed by atoms with Crippen molar-refractivity contribution in [2.75, 3.05) is 19.6 Å². The van der Waals surface area contributed by atoms with Crippen molar-refractivity contribution in [1.29, 1.82) is 0 Å². The van der Waals surface area contributed by atoms with Gasteiger partial charge in [-0.15, -0.1) is 0 Å². The lowest BCUT2D eigenvalue weighted by atomic mass is 9.93. The Labute approximate surface area is 173 Å². The number of benzene rings is 1. The summed E-state index contributed by atoms with van der Waals surface area (Å²) in [7, 11) is 0. The second-order valence-corrected chi connectivity index (χ2v) is 8.81. The van der Waals surface area contributed by atoms with Gasteiger partial charge in [-0.1, -0.05) is 18.1 Å². The number of nitrogens with zero attached hydrogens (tertiary/aromatic N) is 2. The first-order valence-electron chi connectivity index (χ1n) is 10.4. The number of ether oxygens (including phenoxy) is 1. The van der Waals surface area contributed by atoms with E-state index >= 15 is 0 Å². The molecule has 2 heterocycles. The minimum absolute atomic E-state index is 0.0677. The number of aryl methyl sites for hydroxylation is 2. The Balaban J connectivity index is 1.57. The lowest BCUT2D eigenvalue weighted by Crippen LogP contribution is -2.54. The van der Waals surface area contributed by atoms with E-state index < -0.39 is 0 Å². The molecule has 1 atom stereocenters. The van der Waals surface area contributed by atoms with Crippen LogP contribution in [-0.2, 0) is 6.61 Å². The highest BCUT2D eigenvalue weighted by molar-refractivity contribution is 5.94. The van der Waals surface area contributed by atoms with Crippen LogP contribution >= 0.6 is 0 Å². The average molecular weight is 400 g/mol. The molecule has 0 aliphatic carbocycles. The summed E-state index contributed by atoms with van der Waals surface area (Å²) in [5.41, 5.74) is 2.30. The molecule has 1 saturated heterocycles. The third kappa shape index (κ3) is 5.38. The zero-order chi connectivity index (χ0) is 21.0. The molecule has 1 aromatic heterocycles. The van der Waals surface area contributed by atoms with Gasteiger partial charge in [-0.3, -0.25) is 9.69 Å². The third-order valence-electron chi connectivity index (χ3n) is 5.86. The van der Waals surface area contributed by atoms with E-state index in [4.69, 9.17) is 9.26 Å². The van der Waals surface area contributed by atoms with Crippen molar-refractivity contribution in [1.82, 2.24) is 15.4 Å². The Kier molecular flexibility index (Phi) is 6.63. The number of carbonyl (C=O) groups excluding carboxylic acids is 1. The number of hydrogen-bond acceptors (Lipinski definition) is 5. The van der Waals surface area contributed by atoms with Crippen molar-refractivity contribution in [2.24, 2.45) is 5.92 Å². The normalized spacial score (nSPS) is 17.9. The molecule has 1 aliphatic heterocycles. The smallest absolute Gasteiger partial charge is 0.251 e. The molecule has 29 heavy (non-hydrogen) atoms. The predicted molar refractivity (Wildman–Crippen MR) is 113 cm³/mol. The number of likely N-dealkylation sites (tertiary alicyclic amines) is 1. The molecule has 1 aliphatic rings. The average Bonchev–Trinajstić information content (AvgIpc) is 3.02. The van der Waals surface area contributed by atoms with Gasteiger partial charge in [-0.2, -0.15) is 0 Å². The van der Waals surface area contributed by atoms with Crippen LogP contribution in [0, 0.1) is 19.8 Å². The molecule has 6 heteroatoms. The third-order valence-corrected chi connectivity index (χ3v) is 5.86. The van der Waals surface area contributed by atoms with Gasteiger partial charge in [0.2, 0.25) is 0 Å². The largest absolute Gasteiger partial charge is 0.489 e. The molecule has 0 bridgehead atoms. The van der Waals surface area contributed by atoms with Crippen LogP contribution in [0.4, 0.5) is 0 Å². The maximum absolute atomic E-state index is 12.7. The summed E-state index contributed by atoms with van der Waals surface area (Å²) < 4.78 is 11.0. The Morgan fingerprint density at radius 2 is 2.17 bits per heavy atom. The summed E-state index contributed by atoms with van der Waals surface area (Å²) in [6, 6.07) is 7.29. The van der Waals surface area contributed by atoms with Gasteiger partial charge in [0.05, 0.1) is 11.3 Å². The van der Waals surface area contributed by atoms with Crippen LogP contribution in [0.25, 0.3) is 0 Å². The second-order valence-electron chi connectivity index (χ2n) is 8.81. The van der Waals surface area contributed by atoms with Gasteiger partial charge in [0.15, 0.2) is 0 Å². The molecule has 0 spiro atoms. The molecule has 1 N–H and O–H groups in total. The number of hydrogen-bond donors (Lipinski definition) is 1. The summed E-state index contributed by atoms with van der Waals surface area (Å²) in [5, 5.41) is 7.05. The van der Waals surface area contributed by atoms with Crippen molar-refractivity contribution < 1.29 is 14.1 Å². The minimum atomic E-state index is -0.0779. The number of amides is 1. The molecular formula is C23H33N3O3. The highest BCUT2D eigenvalue weighted by Crippen LogP contribution is 2.24. The van der Waals surface area contributed by atoms with E-state index in [0.29, 0.717) is 30.4 Å². The van der Waals surface area contributed by atoms with Crippen LogP contribution in [0.15, 0.2) is 28.8 Å². The lowest BCUT2D eigenvalue weighted by molar-refractivity contribution is 0.0657. The SMILES string of the molecule is Cc1noc(C)c1COc1cccc(C(=O)NCC(C)(C)N2CCCC(C)C2)c1. The molecule has 6 nitrogen and oxygen atoms in total. The monoisotopic (exact) mass is 399 g/mol. The molecule has 0 saturated carbocycles. The number of carbonyl (C=O) groups is 1. The summed E-state index contributed by atoms with van der Waals surface area (Å²) in [5.74, 6) is 2.05. The summed E-state index contributed by atoms with van der Waals surface area (Å²) in [6.45, 7) is 13.6. The van der Waals surface area contributed by atoms with Crippen LogP contribution in [0.1, 0.15) is 61.0 Å². The van der Waals surface area contributed by atoms with Gasteiger partial charge in [-0.25, -0.2) is 0 Å². The summed E-state index contributed by atoms with van der Waals surface area (Å²) in [6.07, 6.45) is 2.52. The summed E-state index contributed by atoms with van der Waals surface area (Å²) in [4.78, 5) is 15.2. The van der Waals surface area contributed by atoms with Gasteiger partial charge in [-0.05, 0) is 71.2 Å². The van der Waals surface area contributed by atoms with E-state index in [9.17, 15) is 4.79 Å². The standard InChI is InChI=1S/C23H33N3O3/c1-16-8-7-11-26(13-16)23(4,5)15-24-22(27)19-9-6-10-20(12-19)28-14-21-17(2)25-29-18(21)3/h6,9-10,12,16H,7-8,11,13-15H2,1-5H3,(H,24,27). The number of nitrogens with one attached hydrogen (secondary N) is 1. The van der Waals surface area contributed by atoms with Crippen molar-refractivity contribution in [3.8, 4) is 5.75 Å². The van der Waals surface area contributed by atoms with Gasteiger partial charge in [0.25, 0.3) is 5.91 Å². The van der Waals surface area contributed by atoms with E-state index in [1.165, 1.54) is 12.8 Å². The lowest BCUT2D eigenvalue weighted by Gasteiger charge is -2.43. The van der Waals surface area contributed by atoms with Crippen LogP contribution < -0.4 is 10.1 Å². The first-order valence-corrected chi connectivity index (χ1v) is 10.4. The van der Waals surface area contributed by atoms with Crippen molar-refractivity contribution in [3.63, 3.8) is 0 Å². The number of aromatic nitrogens is 1. The Hall–Kier alpha value is -2.34. The van der Waals surface area contributed by atoms with Gasteiger partial charge >= 0.3 is 0 Å². The predicted octanol–water partition coefficient (Wildman–Crippen LogP) is 4.11. The highest BCUT2D eigenvalue weighted by Gasteiger charge is 2.30. The first kappa shape index (κ1) is 21.4. The van der Waals surface area contributed by atoms with E-state index in [0.717, 1.165) is 30.1 Å². The van der Waals surface area contributed by atoms with Crippen LogP contribution in [0.5, 0.6) is 5.75 Å². The molecule has 1 fully saturated rings. The Morgan fingerprint density at radius 3 is 2.86 bits per heavy atom. The molecule has 1 amide bonds. The summed E-state index contributed by atoms with van der Waals surface area (Å²) >= 11 is 0. The van der Waals surface area contributed by atoms with Crippen molar-refractivity contribution >= 4 is 5.91 Å². The molecule has 2 aromatic rings. The first-order chi connectivity index (χ1) is 13.8.